The maximum absolute atomic E-state index is 12.6. The molecule has 0 heterocycles. The van der Waals surface area contributed by atoms with Crippen molar-refractivity contribution in [2.75, 3.05) is 6.54 Å². The zero-order valence-electron chi connectivity index (χ0n) is 18.8. The third kappa shape index (κ3) is 9.54. The summed E-state index contributed by atoms with van der Waals surface area (Å²) in [7, 11) is 0. The van der Waals surface area contributed by atoms with Crippen LogP contribution in [0.2, 0.25) is 0 Å². The molecule has 178 valence electrons. The van der Waals surface area contributed by atoms with Gasteiger partial charge in [0.15, 0.2) is 0 Å². The summed E-state index contributed by atoms with van der Waals surface area (Å²) in [5.41, 5.74) is 5.34. The molecule has 0 bridgehead atoms. The summed E-state index contributed by atoms with van der Waals surface area (Å²) in [4.78, 5) is 37.4. The fourth-order valence-electron chi connectivity index (χ4n) is 4.49. The average Bonchev–Trinajstić information content (AvgIpc) is 2.63. The zero-order chi connectivity index (χ0) is 23.2. The number of nitrogens with one attached hydrogen (secondary N) is 2. The largest absolute Gasteiger partial charge is 0.460 e. The van der Waals surface area contributed by atoms with E-state index in [2.05, 4.69) is 10.6 Å². The van der Waals surface area contributed by atoms with E-state index in [0.717, 1.165) is 19.3 Å². The van der Waals surface area contributed by atoms with Gasteiger partial charge in [-0.15, -0.1) is 23.2 Å². The Hall–Kier alpha value is -1.05. The summed E-state index contributed by atoms with van der Waals surface area (Å²) in [5.74, 6) is -1.07. The molecule has 0 aromatic carbocycles. The molecule has 7 nitrogen and oxygen atoms in total. The molecule has 0 aliphatic heterocycles. The summed E-state index contributed by atoms with van der Waals surface area (Å²) in [6.07, 6.45) is 5.34. The van der Waals surface area contributed by atoms with Crippen LogP contribution < -0.4 is 16.4 Å². The second kappa shape index (κ2) is 11.7. The Labute approximate surface area is 195 Å². The number of hydrogen-bond donors (Lipinski definition) is 3. The molecule has 5 atom stereocenters. The molecule has 2 saturated carbocycles. The number of ether oxygens (including phenoxy) is 1. The van der Waals surface area contributed by atoms with E-state index in [9.17, 15) is 14.4 Å². The van der Waals surface area contributed by atoms with Crippen LogP contribution in [0.15, 0.2) is 0 Å². The second-order valence-electron chi connectivity index (χ2n) is 9.97. The van der Waals surface area contributed by atoms with E-state index >= 15 is 0 Å². The van der Waals surface area contributed by atoms with E-state index in [1.807, 2.05) is 0 Å². The lowest BCUT2D eigenvalue weighted by Crippen LogP contribution is -2.49. The standard InChI is InChI=1S/C22H37Cl2N3O4/c1-22(2,3)31-20(29)11-18(14-7-15(23)10-16(24)8-14)27-19(28)12-26-21(30)13-5-4-6-17(25)9-13/h13-18H,4-12,25H2,1-3H3,(H,26,30)(H,27,28). The normalized spacial score (nSPS) is 30.2. The van der Waals surface area contributed by atoms with Gasteiger partial charge in [0, 0.05) is 28.8 Å². The molecule has 31 heavy (non-hydrogen) atoms. The van der Waals surface area contributed by atoms with Crippen LogP contribution in [0.1, 0.15) is 72.1 Å². The fraction of sp³-hybridized carbons (Fsp3) is 0.864. The molecular weight excluding hydrogens is 441 g/mol. The van der Waals surface area contributed by atoms with Crippen molar-refractivity contribution in [1.82, 2.24) is 10.6 Å². The Morgan fingerprint density at radius 3 is 2.29 bits per heavy atom. The highest BCUT2D eigenvalue weighted by Crippen LogP contribution is 2.34. The molecule has 9 heteroatoms. The van der Waals surface area contributed by atoms with E-state index in [0.29, 0.717) is 25.7 Å². The highest BCUT2D eigenvalue weighted by Gasteiger charge is 2.35. The molecule has 4 N–H and O–H groups in total. The Kier molecular flexibility index (Phi) is 9.90. The maximum atomic E-state index is 12.6. The first-order valence-electron chi connectivity index (χ1n) is 11.3. The van der Waals surface area contributed by atoms with E-state index in [4.69, 9.17) is 33.7 Å². The van der Waals surface area contributed by atoms with Gasteiger partial charge in [0.1, 0.15) is 5.60 Å². The van der Waals surface area contributed by atoms with Gasteiger partial charge < -0.3 is 21.1 Å². The van der Waals surface area contributed by atoms with Crippen molar-refractivity contribution >= 4 is 41.0 Å². The Morgan fingerprint density at radius 1 is 1.06 bits per heavy atom. The Morgan fingerprint density at radius 2 is 1.71 bits per heavy atom. The van der Waals surface area contributed by atoms with E-state index in [1.54, 1.807) is 20.8 Å². The van der Waals surface area contributed by atoms with Crippen LogP contribution in [0.25, 0.3) is 0 Å². The number of alkyl halides is 2. The fourth-order valence-corrected chi connectivity index (χ4v) is 5.46. The van der Waals surface area contributed by atoms with Crippen molar-refractivity contribution < 1.29 is 19.1 Å². The van der Waals surface area contributed by atoms with Crippen LogP contribution in [-0.2, 0) is 19.1 Å². The van der Waals surface area contributed by atoms with E-state index < -0.39 is 11.6 Å². The molecular formula is C22H37Cl2N3O4. The lowest BCUT2D eigenvalue weighted by molar-refractivity contribution is -0.156. The van der Waals surface area contributed by atoms with E-state index in [-0.39, 0.29) is 59.4 Å². The second-order valence-corrected chi connectivity index (χ2v) is 11.2. The molecule has 2 aliphatic rings. The predicted octanol–water partition coefficient (Wildman–Crippen LogP) is 2.85. The van der Waals surface area contributed by atoms with Crippen molar-refractivity contribution in [1.29, 1.82) is 0 Å². The molecule has 0 saturated heterocycles. The van der Waals surface area contributed by atoms with Crippen LogP contribution in [-0.4, -0.2) is 52.8 Å². The van der Waals surface area contributed by atoms with Crippen molar-refractivity contribution in [3.8, 4) is 0 Å². The molecule has 0 aromatic rings. The number of rotatable bonds is 7. The first kappa shape index (κ1) is 26.2. The van der Waals surface area contributed by atoms with Gasteiger partial charge in [-0.25, -0.2) is 0 Å². The quantitative estimate of drug-likeness (QED) is 0.385. The highest BCUT2D eigenvalue weighted by atomic mass is 35.5. The summed E-state index contributed by atoms with van der Waals surface area (Å²) >= 11 is 12.7. The number of amides is 2. The lowest BCUT2D eigenvalue weighted by atomic mass is 9.82. The van der Waals surface area contributed by atoms with Crippen molar-refractivity contribution in [3.05, 3.63) is 0 Å². The first-order valence-corrected chi connectivity index (χ1v) is 12.1. The van der Waals surface area contributed by atoms with Gasteiger partial charge in [-0.05, 0) is 65.2 Å². The van der Waals surface area contributed by atoms with Gasteiger partial charge in [0.2, 0.25) is 11.8 Å². The topological polar surface area (TPSA) is 111 Å². The van der Waals surface area contributed by atoms with Crippen LogP contribution in [0.5, 0.6) is 0 Å². The van der Waals surface area contributed by atoms with Crippen molar-refractivity contribution in [2.24, 2.45) is 17.6 Å². The van der Waals surface area contributed by atoms with Gasteiger partial charge >= 0.3 is 5.97 Å². The summed E-state index contributed by atoms with van der Waals surface area (Å²) in [5, 5.41) is 5.43. The van der Waals surface area contributed by atoms with Crippen LogP contribution in [0.3, 0.4) is 0 Å². The number of carbonyl (C=O) groups excluding carboxylic acids is 3. The number of halogens is 2. The van der Waals surface area contributed by atoms with Crippen molar-refractivity contribution in [3.63, 3.8) is 0 Å². The summed E-state index contributed by atoms with van der Waals surface area (Å²) in [6.45, 7) is 5.26. The van der Waals surface area contributed by atoms with Crippen LogP contribution in [0.4, 0.5) is 0 Å². The van der Waals surface area contributed by atoms with E-state index in [1.165, 1.54) is 0 Å². The smallest absolute Gasteiger partial charge is 0.308 e. The minimum atomic E-state index is -0.614. The van der Waals surface area contributed by atoms with Gasteiger partial charge in [-0.3, -0.25) is 14.4 Å². The number of carbonyl (C=O) groups is 3. The molecule has 2 rings (SSSR count). The summed E-state index contributed by atoms with van der Waals surface area (Å²) < 4.78 is 5.44. The average molecular weight is 478 g/mol. The van der Waals surface area contributed by atoms with Gasteiger partial charge in [-0.1, -0.05) is 6.42 Å². The van der Waals surface area contributed by atoms with Crippen molar-refractivity contribution in [2.45, 2.75) is 101 Å². The minimum absolute atomic E-state index is 0.0340. The van der Waals surface area contributed by atoms with Gasteiger partial charge in [0.05, 0.1) is 13.0 Å². The molecule has 0 radical (unpaired) electrons. The molecule has 0 spiro atoms. The monoisotopic (exact) mass is 477 g/mol. The molecule has 2 fully saturated rings. The number of hydrogen-bond acceptors (Lipinski definition) is 5. The Bertz CT molecular complexity index is 631. The third-order valence-corrected chi connectivity index (χ3v) is 6.57. The molecule has 2 amide bonds. The molecule has 5 unspecified atom stereocenters. The SMILES string of the molecule is CC(C)(C)OC(=O)CC(NC(=O)CNC(=O)C1CCCC(N)C1)C1CC(Cl)CC(Cl)C1. The number of nitrogens with two attached hydrogens (primary N) is 1. The third-order valence-electron chi connectivity index (χ3n) is 5.86. The zero-order valence-corrected chi connectivity index (χ0v) is 20.3. The summed E-state index contributed by atoms with van der Waals surface area (Å²) in [6, 6.07) is -0.417. The van der Waals surface area contributed by atoms with Gasteiger partial charge in [0.25, 0.3) is 0 Å². The molecule has 2 aliphatic carbocycles. The lowest BCUT2D eigenvalue weighted by Gasteiger charge is -2.35. The maximum Gasteiger partial charge on any atom is 0.308 e. The predicted molar refractivity (Wildman–Crippen MR) is 122 cm³/mol. The highest BCUT2D eigenvalue weighted by molar-refractivity contribution is 6.23. The molecule has 0 aromatic heterocycles. The number of esters is 1. The minimum Gasteiger partial charge on any atom is -0.460 e. The van der Waals surface area contributed by atoms with Crippen LogP contribution >= 0.6 is 23.2 Å². The van der Waals surface area contributed by atoms with Crippen LogP contribution in [0, 0.1) is 11.8 Å². The first-order chi connectivity index (χ1) is 14.4. The Balaban J connectivity index is 1.94. The van der Waals surface area contributed by atoms with Gasteiger partial charge in [-0.2, -0.15) is 0 Å².